The first-order valence-corrected chi connectivity index (χ1v) is 7.91. The quantitative estimate of drug-likeness (QED) is 0.492. The lowest BCUT2D eigenvalue weighted by Crippen LogP contribution is -2.14. The number of nitrogens with one attached hydrogen (secondary N) is 1. The molecule has 0 bridgehead atoms. The highest BCUT2D eigenvalue weighted by atomic mass is 32.2. The van der Waals surface area contributed by atoms with Gasteiger partial charge in [0.15, 0.2) is 0 Å². The van der Waals surface area contributed by atoms with Gasteiger partial charge < -0.3 is 10.1 Å². The Hall–Kier alpha value is -2.54. The predicted octanol–water partition coefficient (Wildman–Crippen LogP) is 3.97. The maximum Gasteiger partial charge on any atom is 0.296 e. The Bertz CT molecular complexity index is 734. The van der Waals surface area contributed by atoms with Gasteiger partial charge in [0.1, 0.15) is 11.4 Å². The number of carbonyl (C=O) groups is 1. The van der Waals surface area contributed by atoms with E-state index in [0.717, 1.165) is 10.6 Å². The molecule has 0 fully saturated rings. The Morgan fingerprint density at radius 1 is 1.30 bits per heavy atom. The van der Waals surface area contributed by atoms with Crippen molar-refractivity contribution in [3.8, 4) is 5.75 Å². The van der Waals surface area contributed by atoms with Crippen LogP contribution in [0.3, 0.4) is 0 Å². The maximum absolute atomic E-state index is 12.5. The van der Waals surface area contributed by atoms with Crippen LogP contribution >= 0.6 is 11.8 Å². The fraction of sp³-hybridized carbons (Fsp3) is 0.188. The Kier molecular flexibility index (Phi) is 5.59. The molecule has 1 amide bonds. The zero-order chi connectivity index (χ0) is 16.8. The number of ether oxygens (including phenoxy) is 1. The summed E-state index contributed by atoms with van der Waals surface area (Å²) in [7, 11) is 1.43. The first-order chi connectivity index (χ1) is 11.1. The molecule has 2 aromatic carbocycles. The molecule has 0 heterocycles. The third-order valence-electron chi connectivity index (χ3n) is 3.08. The molecule has 0 aliphatic rings. The molecule has 120 valence electrons. The van der Waals surface area contributed by atoms with Crippen LogP contribution in [0.2, 0.25) is 0 Å². The number of amides is 1. The molecule has 0 saturated heterocycles. The van der Waals surface area contributed by atoms with Gasteiger partial charge in [-0.15, -0.1) is 11.8 Å². The number of thioether (sulfide) groups is 1. The molecule has 0 radical (unpaired) electrons. The van der Waals surface area contributed by atoms with Crippen molar-refractivity contribution in [2.45, 2.75) is 11.8 Å². The smallest absolute Gasteiger partial charge is 0.296 e. The van der Waals surface area contributed by atoms with Gasteiger partial charge in [0.2, 0.25) is 0 Å². The molecule has 2 rings (SSSR count). The number of nitrogens with zero attached hydrogens (tertiary/aromatic N) is 1. The monoisotopic (exact) mass is 332 g/mol. The maximum atomic E-state index is 12.5. The summed E-state index contributed by atoms with van der Waals surface area (Å²) in [6.07, 6.45) is 0. The van der Waals surface area contributed by atoms with E-state index >= 15 is 0 Å². The number of carbonyl (C=O) groups excluding carboxylic acids is 1. The van der Waals surface area contributed by atoms with Crippen molar-refractivity contribution in [2.24, 2.45) is 0 Å². The third kappa shape index (κ3) is 4.01. The molecule has 0 saturated carbocycles. The minimum absolute atomic E-state index is 0.136. The van der Waals surface area contributed by atoms with Crippen LogP contribution in [0.5, 0.6) is 5.75 Å². The largest absolute Gasteiger partial charge is 0.496 e. The topological polar surface area (TPSA) is 81.5 Å². The highest BCUT2D eigenvalue weighted by molar-refractivity contribution is 7.99. The van der Waals surface area contributed by atoms with Crippen LogP contribution in [0, 0.1) is 10.1 Å². The van der Waals surface area contributed by atoms with Crippen LogP contribution in [-0.4, -0.2) is 23.7 Å². The van der Waals surface area contributed by atoms with Gasteiger partial charge in [0.05, 0.1) is 23.7 Å². The van der Waals surface area contributed by atoms with Crippen molar-refractivity contribution < 1.29 is 14.5 Å². The van der Waals surface area contributed by atoms with Crippen molar-refractivity contribution in [1.82, 2.24) is 0 Å². The van der Waals surface area contributed by atoms with Crippen LogP contribution in [0.15, 0.2) is 47.4 Å². The van der Waals surface area contributed by atoms with Gasteiger partial charge in [-0.3, -0.25) is 14.9 Å². The average molecular weight is 332 g/mol. The molecule has 1 N–H and O–H groups in total. The molecule has 0 unspecified atom stereocenters. The van der Waals surface area contributed by atoms with Gasteiger partial charge in [0.25, 0.3) is 11.6 Å². The van der Waals surface area contributed by atoms with E-state index in [-0.39, 0.29) is 17.3 Å². The van der Waals surface area contributed by atoms with Gasteiger partial charge >= 0.3 is 0 Å². The lowest BCUT2D eigenvalue weighted by atomic mass is 10.2. The standard InChI is InChI=1S/C16H16N2O4S/c1-3-23-15-7-5-4-6-12(15)16(19)17-13-9-8-11(22-2)10-14(13)18(20)21/h4-10H,3H2,1-2H3,(H,17,19). The Labute approximate surface area is 138 Å². The predicted molar refractivity (Wildman–Crippen MR) is 90.4 cm³/mol. The molecule has 0 spiro atoms. The first kappa shape index (κ1) is 16.8. The second-order valence-corrected chi connectivity index (χ2v) is 5.83. The number of nitro groups is 1. The average Bonchev–Trinajstić information content (AvgIpc) is 2.55. The van der Waals surface area contributed by atoms with E-state index in [0.29, 0.717) is 11.3 Å². The van der Waals surface area contributed by atoms with Crippen LogP contribution in [0.25, 0.3) is 0 Å². The molecule has 0 aliphatic carbocycles. The number of hydrogen-bond acceptors (Lipinski definition) is 5. The molecule has 23 heavy (non-hydrogen) atoms. The van der Waals surface area contributed by atoms with Crippen molar-refractivity contribution in [3.63, 3.8) is 0 Å². The number of benzene rings is 2. The number of nitro benzene ring substituents is 1. The Morgan fingerprint density at radius 3 is 2.70 bits per heavy atom. The zero-order valence-corrected chi connectivity index (χ0v) is 13.6. The van der Waals surface area contributed by atoms with E-state index in [2.05, 4.69) is 5.32 Å². The van der Waals surface area contributed by atoms with Crippen molar-refractivity contribution >= 4 is 29.0 Å². The minimum Gasteiger partial charge on any atom is -0.496 e. The molecule has 7 heteroatoms. The van der Waals surface area contributed by atoms with Gasteiger partial charge in [-0.05, 0) is 30.0 Å². The summed E-state index contributed by atoms with van der Waals surface area (Å²) >= 11 is 1.54. The second-order valence-electron chi connectivity index (χ2n) is 4.52. The summed E-state index contributed by atoms with van der Waals surface area (Å²) in [4.78, 5) is 23.9. The van der Waals surface area contributed by atoms with Gasteiger partial charge in [-0.25, -0.2) is 0 Å². The highest BCUT2D eigenvalue weighted by Gasteiger charge is 2.19. The van der Waals surface area contributed by atoms with Crippen molar-refractivity contribution in [2.75, 3.05) is 18.2 Å². The normalized spacial score (nSPS) is 10.2. The van der Waals surface area contributed by atoms with E-state index in [4.69, 9.17) is 4.74 Å². The van der Waals surface area contributed by atoms with E-state index in [1.165, 1.54) is 19.2 Å². The fourth-order valence-electron chi connectivity index (χ4n) is 2.02. The summed E-state index contributed by atoms with van der Waals surface area (Å²) < 4.78 is 4.98. The summed E-state index contributed by atoms with van der Waals surface area (Å²) in [6, 6.07) is 11.5. The molecule has 2 aromatic rings. The molecular formula is C16H16N2O4S. The summed E-state index contributed by atoms with van der Waals surface area (Å²) in [5.74, 6) is 0.805. The van der Waals surface area contributed by atoms with E-state index in [1.807, 2.05) is 19.1 Å². The molecule has 6 nitrogen and oxygen atoms in total. The van der Waals surface area contributed by atoms with Crippen LogP contribution in [0.1, 0.15) is 17.3 Å². The number of anilines is 1. The molecule has 0 atom stereocenters. The highest BCUT2D eigenvalue weighted by Crippen LogP contribution is 2.30. The van der Waals surface area contributed by atoms with Crippen LogP contribution in [0.4, 0.5) is 11.4 Å². The third-order valence-corrected chi connectivity index (χ3v) is 4.04. The van der Waals surface area contributed by atoms with Gasteiger partial charge in [-0.1, -0.05) is 19.1 Å². The minimum atomic E-state index is -0.551. The molecular weight excluding hydrogens is 316 g/mol. The number of methoxy groups -OCH3 is 1. The first-order valence-electron chi connectivity index (χ1n) is 6.92. The summed E-state index contributed by atoms with van der Waals surface area (Å²) in [5, 5.41) is 13.8. The van der Waals surface area contributed by atoms with Crippen molar-refractivity contribution in [3.05, 3.63) is 58.1 Å². The van der Waals surface area contributed by atoms with E-state index < -0.39 is 4.92 Å². The molecule has 0 aromatic heterocycles. The van der Waals surface area contributed by atoms with E-state index in [1.54, 1.807) is 30.0 Å². The SMILES string of the molecule is CCSc1ccccc1C(=O)Nc1ccc(OC)cc1[N+](=O)[O-]. The van der Waals surface area contributed by atoms with Crippen LogP contribution in [-0.2, 0) is 0 Å². The Balaban J connectivity index is 2.32. The fourth-order valence-corrected chi connectivity index (χ4v) is 2.82. The number of rotatable bonds is 6. The lowest BCUT2D eigenvalue weighted by molar-refractivity contribution is -0.384. The number of hydrogen-bond donors (Lipinski definition) is 1. The van der Waals surface area contributed by atoms with E-state index in [9.17, 15) is 14.9 Å². The lowest BCUT2D eigenvalue weighted by Gasteiger charge is -2.10. The van der Waals surface area contributed by atoms with Gasteiger partial charge in [-0.2, -0.15) is 0 Å². The Morgan fingerprint density at radius 2 is 2.04 bits per heavy atom. The summed E-state index contributed by atoms with van der Waals surface area (Å²) in [5.41, 5.74) is 0.417. The van der Waals surface area contributed by atoms with Gasteiger partial charge in [0, 0.05) is 4.90 Å². The second kappa shape index (κ2) is 7.64. The summed E-state index contributed by atoms with van der Waals surface area (Å²) in [6.45, 7) is 1.99. The van der Waals surface area contributed by atoms with Crippen molar-refractivity contribution in [1.29, 1.82) is 0 Å². The molecule has 0 aliphatic heterocycles. The van der Waals surface area contributed by atoms with Crippen LogP contribution < -0.4 is 10.1 Å². The zero-order valence-electron chi connectivity index (χ0n) is 12.7.